The lowest BCUT2D eigenvalue weighted by molar-refractivity contribution is 0.587. The smallest absolute Gasteiger partial charge is 0.205 e. The molecule has 0 saturated carbocycles. The minimum Gasteiger partial charge on any atom is -0.205 e. The van der Waals surface area contributed by atoms with Gasteiger partial charge in [-0.1, -0.05) is 47.1 Å². The molecule has 4 nitrogen and oxygen atoms in total. The molecule has 1 aromatic heterocycles. The van der Waals surface area contributed by atoms with Gasteiger partial charge in [0.1, 0.15) is 0 Å². The summed E-state index contributed by atoms with van der Waals surface area (Å²) in [5.74, 6) is 0. The molecule has 8 heteroatoms. The first-order valence-electron chi connectivity index (χ1n) is 6.82. The van der Waals surface area contributed by atoms with E-state index < -0.39 is 10.0 Å². The van der Waals surface area contributed by atoms with Crippen molar-refractivity contribution < 1.29 is 8.42 Å². The van der Waals surface area contributed by atoms with Gasteiger partial charge in [0.05, 0.1) is 23.0 Å². The summed E-state index contributed by atoms with van der Waals surface area (Å²) in [5.41, 5.74) is 1.23. The Bertz CT molecular complexity index is 966. The van der Waals surface area contributed by atoms with Gasteiger partial charge >= 0.3 is 0 Å². The Labute approximate surface area is 154 Å². The third-order valence-electron chi connectivity index (χ3n) is 3.18. The summed E-state index contributed by atoms with van der Waals surface area (Å²) in [6.07, 6.45) is 2.67. The van der Waals surface area contributed by atoms with Crippen LogP contribution < -0.4 is 0 Å². The maximum Gasteiger partial charge on any atom is 0.251 e. The Hall–Kier alpha value is -1.47. The number of benzene rings is 2. The molecular weight excluding hydrogens is 387 g/mol. The first kappa shape index (κ1) is 17.4. The van der Waals surface area contributed by atoms with Crippen molar-refractivity contribution in [3.8, 4) is 11.3 Å². The van der Waals surface area contributed by atoms with E-state index in [1.165, 1.54) is 11.8 Å². The highest BCUT2D eigenvalue weighted by Gasteiger charge is 2.20. The van der Waals surface area contributed by atoms with Gasteiger partial charge in [0.15, 0.2) is 0 Å². The molecule has 0 fully saturated rings. The standard InChI is InChI=1S/C16H12Cl2N2O2S2/c1-24(21,22)20-16(11-2-4-12(17)5-3-11)15(10-19-20)23-14-8-6-13(18)7-9-14/h2-10H,1H3. The lowest BCUT2D eigenvalue weighted by Crippen LogP contribution is -2.13. The lowest BCUT2D eigenvalue weighted by Gasteiger charge is -2.08. The zero-order chi connectivity index (χ0) is 17.3. The number of rotatable bonds is 4. The van der Waals surface area contributed by atoms with E-state index in [1.807, 2.05) is 12.1 Å². The molecule has 0 N–H and O–H groups in total. The van der Waals surface area contributed by atoms with Crippen molar-refractivity contribution in [3.05, 3.63) is 64.8 Å². The third-order valence-corrected chi connectivity index (χ3v) is 5.61. The summed E-state index contributed by atoms with van der Waals surface area (Å²) < 4.78 is 25.1. The van der Waals surface area contributed by atoms with Gasteiger partial charge in [0, 0.05) is 20.5 Å². The molecule has 0 aliphatic rings. The van der Waals surface area contributed by atoms with E-state index in [4.69, 9.17) is 23.2 Å². The van der Waals surface area contributed by atoms with Crippen molar-refractivity contribution in [2.45, 2.75) is 9.79 Å². The van der Waals surface area contributed by atoms with E-state index in [0.29, 0.717) is 15.7 Å². The molecule has 24 heavy (non-hydrogen) atoms. The maximum absolute atomic E-state index is 12.1. The van der Waals surface area contributed by atoms with Gasteiger partial charge in [-0.2, -0.15) is 9.19 Å². The summed E-state index contributed by atoms with van der Waals surface area (Å²) in [6, 6.07) is 14.3. The van der Waals surface area contributed by atoms with Crippen molar-refractivity contribution in [2.75, 3.05) is 6.26 Å². The number of hydrogen-bond acceptors (Lipinski definition) is 4. The monoisotopic (exact) mass is 398 g/mol. The molecule has 0 aliphatic carbocycles. The van der Waals surface area contributed by atoms with E-state index in [-0.39, 0.29) is 0 Å². The number of aromatic nitrogens is 2. The minimum absolute atomic E-state index is 0.508. The highest BCUT2D eigenvalue weighted by Crippen LogP contribution is 2.37. The topological polar surface area (TPSA) is 52.0 Å². The molecule has 1 heterocycles. The molecule has 3 rings (SSSR count). The SMILES string of the molecule is CS(=O)(=O)n1ncc(Sc2ccc(Cl)cc2)c1-c1ccc(Cl)cc1. The van der Waals surface area contributed by atoms with Crippen molar-refractivity contribution in [3.63, 3.8) is 0 Å². The van der Waals surface area contributed by atoms with E-state index in [1.54, 1.807) is 42.6 Å². The average molecular weight is 399 g/mol. The van der Waals surface area contributed by atoms with Crippen LogP contribution in [0.3, 0.4) is 0 Å². The largest absolute Gasteiger partial charge is 0.251 e. The molecule has 0 radical (unpaired) electrons. The summed E-state index contributed by atoms with van der Waals surface area (Å²) in [4.78, 5) is 1.66. The summed E-state index contributed by atoms with van der Waals surface area (Å²) in [7, 11) is -3.53. The molecule has 0 atom stereocenters. The summed E-state index contributed by atoms with van der Waals surface area (Å²) >= 11 is 13.3. The summed E-state index contributed by atoms with van der Waals surface area (Å²) in [6.45, 7) is 0. The Balaban J connectivity index is 2.11. The first-order valence-corrected chi connectivity index (χ1v) is 10.2. The zero-order valence-electron chi connectivity index (χ0n) is 12.5. The van der Waals surface area contributed by atoms with Crippen molar-refractivity contribution in [2.24, 2.45) is 0 Å². The summed E-state index contributed by atoms with van der Waals surface area (Å²) in [5, 5.41) is 5.27. The van der Waals surface area contributed by atoms with Gasteiger partial charge < -0.3 is 0 Å². The average Bonchev–Trinajstić information content (AvgIpc) is 2.94. The van der Waals surface area contributed by atoms with Crippen LogP contribution in [-0.2, 0) is 10.0 Å². The van der Waals surface area contributed by atoms with Crippen molar-refractivity contribution in [1.82, 2.24) is 9.19 Å². The van der Waals surface area contributed by atoms with Crippen LogP contribution in [0.25, 0.3) is 11.3 Å². The normalized spacial score (nSPS) is 11.6. The quantitative estimate of drug-likeness (QED) is 0.632. The van der Waals surface area contributed by atoms with E-state index >= 15 is 0 Å². The molecule has 0 aliphatic heterocycles. The second-order valence-electron chi connectivity index (χ2n) is 5.03. The minimum atomic E-state index is -3.53. The van der Waals surface area contributed by atoms with Gasteiger partial charge in [-0.3, -0.25) is 0 Å². The Morgan fingerprint density at radius 2 is 1.50 bits per heavy atom. The number of hydrogen-bond donors (Lipinski definition) is 0. The highest BCUT2D eigenvalue weighted by atomic mass is 35.5. The van der Waals surface area contributed by atoms with Gasteiger partial charge in [-0.25, -0.2) is 8.42 Å². The van der Waals surface area contributed by atoms with Gasteiger partial charge in [0.2, 0.25) is 0 Å². The lowest BCUT2D eigenvalue weighted by atomic mass is 10.2. The molecule has 0 spiro atoms. The van der Waals surface area contributed by atoms with Crippen LogP contribution in [0.4, 0.5) is 0 Å². The van der Waals surface area contributed by atoms with Gasteiger partial charge in [0.25, 0.3) is 10.0 Å². The fourth-order valence-electron chi connectivity index (χ4n) is 2.13. The molecule has 3 aromatic rings. The number of nitrogens with zero attached hydrogens (tertiary/aromatic N) is 2. The van der Waals surface area contributed by atoms with Crippen molar-refractivity contribution in [1.29, 1.82) is 0 Å². The third kappa shape index (κ3) is 3.78. The second kappa shape index (κ2) is 6.80. The van der Waals surface area contributed by atoms with Crippen molar-refractivity contribution >= 4 is 45.0 Å². The van der Waals surface area contributed by atoms with Gasteiger partial charge in [-0.05, 0) is 36.4 Å². The predicted octanol–water partition coefficient (Wildman–Crippen LogP) is 4.82. The fourth-order valence-corrected chi connectivity index (χ4v) is 4.12. The Morgan fingerprint density at radius 3 is 2.04 bits per heavy atom. The maximum atomic E-state index is 12.1. The van der Waals surface area contributed by atoms with Crippen LogP contribution in [0.2, 0.25) is 10.0 Å². The molecule has 0 saturated heterocycles. The molecule has 0 bridgehead atoms. The molecular formula is C16H12Cl2N2O2S2. The fraction of sp³-hybridized carbons (Fsp3) is 0.0625. The molecule has 124 valence electrons. The first-order chi connectivity index (χ1) is 11.3. The van der Waals surface area contributed by atoms with Gasteiger partial charge in [-0.15, -0.1) is 0 Å². The zero-order valence-corrected chi connectivity index (χ0v) is 15.6. The Morgan fingerprint density at radius 1 is 0.958 bits per heavy atom. The van der Waals surface area contributed by atoms with E-state index in [9.17, 15) is 8.42 Å². The van der Waals surface area contributed by atoms with Crippen LogP contribution in [0.1, 0.15) is 0 Å². The van der Waals surface area contributed by atoms with Crippen LogP contribution in [0, 0.1) is 0 Å². The van der Waals surface area contributed by atoms with Crippen LogP contribution in [0.5, 0.6) is 0 Å². The predicted molar refractivity (Wildman–Crippen MR) is 98.5 cm³/mol. The second-order valence-corrected chi connectivity index (χ2v) is 8.83. The molecule has 0 amide bonds. The Kier molecular flexibility index (Phi) is 4.92. The van der Waals surface area contributed by atoms with E-state index in [0.717, 1.165) is 25.7 Å². The number of halogens is 2. The van der Waals surface area contributed by atoms with E-state index in [2.05, 4.69) is 5.10 Å². The highest BCUT2D eigenvalue weighted by molar-refractivity contribution is 7.99. The van der Waals surface area contributed by atoms with Crippen LogP contribution >= 0.6 is 35.0 Å². The molecule has 2 aromatic carbocycles. The van der Waals surface area contributed by atoms with Crippen LogP contribution in [-0.4, -0.2) is 23.9 Å². The van der Waals surface area contributed by atoms with Crippen LogP contribution in [0.15, 0.2) is 64.5 Å². The molecule has 0 unspecified atom stereocenters.